The molecule has 0 saturated heterocycles. The van der Waals surface area contributed by atoms with Gasteiger partial charge in [-0.05, 0) is 31.2 Å². The van der Waals surface area contributed by atoms with E-state index >= 15 is 0 Å². The first-order valence-electron chi connectivity index (χ1n) is 5.89. The third kappa shape index (κ3) is 4.02. The van der Waals surface area contributed by atoms with Crippen molar-refractivity contribution in [1.82, 2.24) is 5.32 Å². The lowest BCUT2D eigenvalue weighted by Crippen LogP contribution is -2.20. The summed E-state index contributed by atoms with van der Waals surface area (Å²) in [4.78, 5) is 2.70. The van der Waals surface area contributed by atoms with Gasteiger partial charge in [-0.15, -0.1) is 11.3 Å². The van der Waals surface area contributed by atoms with Gasteiger partial charge in [-0.3, -0.25) is 0 Å². The van der Waals surface area contributed by atoms with Crippen molar-refractivity contribution >= 4 is 22.9 Å². The lowest BCUT2D eigenvalue weighted by atomic mass is 10.3. The van der Waals surface area contributed by atoms with E-state index in [-0.39, 0.29) is 0 Å². The third-order valence-electron chi connectivity index (χ3n) is 2.47. The lowest BCUT2D eigenvalue weighted by Gasteiger charge is -2.08. The number of aryl methyl sites for hydroxylation is 1. The van der Waals surface area contributed by atoms with Gasteiger partial charge in [0.2, 0.25) is 0 Å². The standard InChI is InChI=1S/C14H16ClNOS/c1-11-6-7-12(18-11)10-16-8-9-17-14-5-3-2-4-13(14)15/h2-7,16H,8-10H2,1H3. The van der Waals surface area contributed by atoms with E-state index < -0.39 is 0 Å². The van der Waals surface area contributed by atoms with Gasteiger partial charge in [-0.2, -0.15) is 0 Å². The van der Waals surface area contributed by atoms with E-state index in [4.69, 9.17) is 16.3 Å². The quantitative estimate of drug-likeness (QED) is 0.812. The Morgan fingerprint density at radius 3 is 2.78 bits per heavy atom. The maximum absolute atomic E-state index is 5.99. The molecule has 4 heteroatoms. The molecule has 1 aromatic carbocycles. The van der Waals surface area contributed by atoms with Gasteiger partial charge in [-0.1, -0.05) is 23.7 Å². The van der Waals surface area contributed by atoms with Crippen molar-refractivity contribution in [3.05, 3.63) is 51.2 Å². The zero-order valence-electron chi connectivity index (χ0n) is 10.3. The summed E-state index contributed by atoms with van der Waals surface area (Å²) in [6.07, 6.45) is 0. The fourth-order valence-corrected chi connectivity index (χ4v) is 2.64. The maximum atomic E-state index is 5.99. The van der Waals surface area contributed by atoms with Crippen LogP contribution in [0.1, 0.15) is 9.75 Å². The first-order chi connectivity index (χ1) is 8.75. The Kier molecular flexibility index (Phi) is 5.05. The second-order valence-corrected chi connectivity index (χ2v) is 5.75. The topological polar surface area (TPSA) is 21.3 Å². The molecule has 0 aliphatic rings. The number of thiophene rings is 1. The molecule has 0 atom stereocenters. The second kappa shape index (κ2) is 6.78. The molecule has 0 spiro atoms. The average molecular weight is 282 g/mol. The van der Waals surface area contributed by atoms with Crippen molar-refractivity contribution in [3.63, 3.8) is 0 Å². The Morgan fingerprint density at radius 2 is 2.06 bits per heavy atom. The van der Waals surface area contributed by atoms with E-state index in [1.54, 1.807) is 0 Å². The Labute approximate surface area is 117 Å². The molecule has 0 amide bonds. The molecule has 2 rings (SSSR count). The molecule has 1 heterocycles. The molecule has 0 aliphatic carbocycles. The lowest BCUT2D eigenvalue weighted by molar-refractivity contribution is 0.314. The van der Waals surface area contributed by atoms with Crippen molar-refractivity contribution in [1.29, 1.82) is 0 Å². The van der Waals surface area contributed by atoms with Gasteiger partial charge in [0.25, 0.3) is 0 Å². The Hall–Kier alpha value is -1.03. The largest absolute Gasteiger partial charge is 0.491 e. The van der Waals surface area contributed by atoms with Gasteiger partial charge in [0, 0.05) is 22.8 Å². The summed E-state index contributed by atoms with van der Waals surface area (Å²) in [6.45, 7) is 4.44. The third-order valence-corrected chi connectivity index (χ3v) is 3.78. The van der Waals surface area contributed by atoms with Gasteiger partial charge >= 0.3 is 0 Å². The summed E-state index contributed by atoms with van der Waals surface area (Å²) < 4.78 is 5.59. The van der Waals surface area contributed by atoms with E-state index in [9.17, 15) is 0 Å². The van der Waals surface area contributed by atoms with Crippen molar-refractivity contribution in [2.75, 3.05) is 13.2 Å². The number of hydrogen-bond acceptors (Lipinski definition) is 3. The van der Waals surface area contributed by atoms with Gasteiger partial charge < -0.3 is 10.1 Å². The Morgan fingerprint density at radius 1 is 1.22 bits per heavy atom. The van der Waals surface area contributed by atoms with Crippen LogP contribution < -0.4 is 10.1 Å². The van der Waals surface area contributed by atoms with Crippen LogP contribution in [0.15, 0.2) is 36.4 Å². The minimum absolute atomic E-state index is 0.619. The number of hydrogen-bond donors (Lipinski definition) is 1. The molecule has 0 fully saturated rings. The van der Waals surface area contributed by atoms with Crippen LogP contribution in [0.25, 0.3) is 0 Å². The monoisotopic (exact) mass is 281 g/mol. The van der Waals surface area contributed by atoms with E-state index in [2.05, 4.69) is 24.4 Å². The molecule has 0 unspecified atom stereocenters. The minimum atomic E-state index is 0.619. The predicted molar refractivity (Wildman–Crippen MR) is 77.7 cm³/mol. The zero-order valence-corrected chi connectivity index (χ0v) is 11.9. The number of para-hydroxylation sites is 1. The molecule has 1 aromatic heterocycles. The molecule has 0 saturated carbocycles. The van der Waals surface area contributed by atoms with Gasteiger partial charge in [-0.25, -0.2) is 0 Å². The van der Waals surface area contributed by atoms with Crippen molar-refractivity contribution < 1.29 is 4.74 Å². The Bertz CT molecular complexity index is 498. The van der Waals surface area contributed by atoms with Gasteiger partial charge in [0.1, 0.15) is 12.4 Å². The molecular formula is C14H16ClNOS. The van der Waals surface area contributed by atoms with Crippen molar-refractivity contribution in [2.45, 2.75) is 13.5 Å². The first kappa shape index (κ1) is 13.4. The van der Waals surface area contributed by atoms with Crippen LogP contribution in [0.2, 0.25) is 5.02 Å². The zero-order chi connectivity index (χ0) is 12.8. The summed E-state index contributed by atoms with van der Waals surface area (Å²) in [5.74, 6) is 0.743. The number of halogens is 1. The first-order valence-corrected chi connectivity index (χ1v) is 7.08. The van der Waals surface area contributed by atoms with E-state index in [0.29, 0.717) is 11.6 Å². The summed E-state index contributed by atoms with van der Waals surface area (Å²) in [5.41, 5.74) is 0. The smallest absolute Gasteiger partial charge is 0.137 e. The highest BCUT2D eigenvalue weighted by Crippen LogP contribution is 2.22. The van der Waals surface area contributed by atoms with Gasteiger partial charge in [0.05, 0.1) is 5.02 Å². The maximum Gasteiger partial charge on any atom is 0.137 e. The van der Waals surface area contributed by atoms with E-state index in [1.165, 1.54) is 9.75 Å². The van der Waals surface area contributed by atoms with Crippen molar-refractivity contribution in [3.8, 4) is 5.75 Å². The number of benzene rings is 1. The van der Waals surface area contributed by atoms with Crippen LogP contribution in [-0.2, 0) is 6.54 Å². The molecule has 96 valence electrons. The van der Waals surface area contributed by atoms with Crippen LogP contribution in [-0.4, -0.2) is 13.2 Å². The van der Waals surface area contributed by atoms with Crippen LogP contribution in [0.5, 0.6) is 5.75 Å². The molecule has 2 nitrogen and oxygen atoms in total. The highest BCUT2D eigenvalue weighted by molar-refractivity contribution is 7.11. The molecule has 0 aliphatic heterocycles. The molecule has 2 aromatic rings. The summed E-state index contributed by atoms with van der Waals surface area (Å²) in [6, 6.07) is 11.8. The summed E-state index contributed by atoms with van der Waals surface area (Å²) in [7, 11) is 0. The summed E-state index contributed by atoms with van der Waals surface area (Å²) >= 11 is 7.81. The average Bonchev–Trinajstić information content (AvgIpc) is 2.77. The Balaban J connectivity index is 1.66. The number of nitrogens with one attached hydrogen (secondary N) is 1. The molecular weight excluding hydrogens is 266 g/mol. The minimum Gasteiger partial charge on any atom is -0.491 e. The van der Waals surface area contributed by atoms with E-state index in [0.717, 1.165) is 18.8 Å². The van der Waals surface area contributed by atoms with Crippen LogP contribution >= 0.6 is 22.9 Å². The van der Waals surface area contributed by atoms with Crippen LogP contribution in [0.3, 0.4) is 0 Å². The van der Waals surface area contributed by atoms with Crippen LogP contribution in [0, 0.1) is 6.92 Å². The highest BCUT2D eigenvalue weighted by atomic mass is 35.5. The molecule has 0 radical (unpaired) electrons. The highest BCUT2D eigenvalue weighted by Gasteiger charge is 1.99. The fraction of sp³-hybridized carbons (Fsp3) is 0.286. The van der Waals surface area contributed by atoms with Crippen LogP contribution in [0.4, 0.5) is 0 Å². The summed E-state index contributed by atoms with van der Waals surface area (Å²) in [5, 5.41) is 4.01. The van der Waals surface area contributed by atoms with Gasteiger partial charge in [0.15, 0.2) is 0 Å². The molecule has 1 N–H and O–H groups in total. The predicted octanol–water partition coefficient (Wildman–Crippen LogP) is 3.88. The fourth-order valence-electron chi connectivity index (χ4n) is 1.59. The van der Waals surface area contributed by atoms with Crippen molar-refractivity contribution in [2.24, 2.45) is 0 Å². The molecule has 0 bridgehead atoms. The molecule has 18 heavy (non-hydrogen) atoms. The second-order valence-electron chi connectivity index (χ2n) is 3.97. The van der Waals surface area contributed by atoms with E-state index in [1.807, 2.05) is 35.6 Å². The number of rotatable bonds is 6. The SMILES string of the molecule is Cc1ccc(CNCCOc2ccccc2Cl)s1. The normalized spacial score (nSPS) is 10.6. The number of ether oxygens (including phenoxy) is 1.